The van der Waals surface area contributed by atoms with E-state index in [2.05, 4.69) is 15.9 Å². The van der Waals surface area contributed by atoms with Gasteiger partial charge < -0.3 is 14.8 Å². The van der Waals surface area contributed by atoms with Gasteiger partial charge in [-0.2, -0.15) is 0 Å². The molecule has 1 aromatic carbocycles. The van der Waals surface area contributed by atoms with Crippen molar-refractivity contribution >= 4 is 40.1 Å². The molecule has 0 aliphatic heterocycles. The van der Waals surface area contributed by atoms with Crippen molar-refractivity contribution in [1.82, 2.24) is 0 Å². The van der Waals surface area contributed by atoms with Crippen LogP contribution in [0.3, 0.4) is 0 Å². The van der Waals surface area contributed by atoms with Gasteiger partial charge in [0.1, 0.15) is 5.75 Å². The smallest absolute Gasteiger partial charge is 0.493 e. The van der Waals surface area contributed by atoms with Gasteiger partial charge in [-0.3, -0.25) is 0 Å². The minimum absolute atomic E-state index is 0.231. The molecule has 0 heterocycles. The highest BCUT2D eigenvalue weighted by molar-refractivity contribution is 9.10. The van der Waals surface area contributed by atoms with Crippen molar-refractivity contribution in [3.8, 4) is 5.75 Å². The molecule has 0 fully saturated rings. The van der Waals surface area contributed by atoms with E-state index >= 15 is 0 Å². The fourth-order valence-corrected chi connectivity index (χ4v) is 1.76. The van der Waals surface area contributed by atoms with Gasteiger partial charge in [-0.25, -0.2) is 0 Å². The van der Waals surface area contributed by atoms with E-state index in [1.54, 1.807) is 12.1 Å². The molecule has 0 amide bonds. The molecule has 0 unspecified atom stereocenters. The van der Waals surface area contributed by atoms with Crippen LogP contribution in [-0.4, -0.2) is 24.3 Å². The summed E-state index contributed by atoms with van der Waals surface area (Å²) in [5.41, 5.74) is 0.231. The number of rotatable bonds is 2. The van der Waals surface area contributed by atoms with Gasteiger partial charge in [0, 0.05) is 9.94 Å². The Labute approximate surface area is 89.6 Å². The summed E-state index contributed by atoms with van der Waals surface area (Å²) in [5, 5.41) is 18.4. The van der Waals surface area contributed by atoms with Crippen LogP contribution in [0.25, 0.3) is 0 Å². The van der Waals surface area contributed by atoms with Crippen molar-refractivity contribution in [2.24, 2.45) is 0 Å². The first kappa shape index (κ1) is 10.9. The van der Waals surface area contributed by atoms with Crippen LogP contribution in [0.4, 0.5) is 0 Å². The quantitative estimate of drug-likeness (QED) is 0.777. The van der Waals surface area contributed by atoms with Gasteiger partial charge in [0.15, 0.2) is 0 Å². The van der Waals surface area contributed by atoms with Crippen molar-refractivity contribution in [3.05, 3.63) is 21.6 Å². The normalized spacial score (nSPS) is 9.92. The average molecular weight is 265 g/mol. The Bertz CT molecular complexity index is 319. The molecule has 6 heteroatoms. The Morgan fingerprint density at radius 1 is 1.46 bits per heavy atom. The van der Waals surface area contributed by atoms with Gasteiger partial charge in [-0.15, -0.1) is 0 Å². The lowest BCUT2D eigenvalue weighted by Gasteiger charge is -2.10. The Morgan fingerprint density at radius 2 is 2.08 bits per heavy atom. The molecule has 0 aromatic heterocycles. The number of ether oxygens (including phenoxy) is 1. The van der Waals surface area contributed by atoms with Gasteiger partial charge in [0.25, 0.3) is 0 Å². The summed E-state index contributed by atoms with van der Waals surface area (Å²) in [6, 6.07) is 3.23. The summed E-state index contributed by atoms with van der Waals surface area (Å²) >= 11 is 8.94. The third-order valence-corrected chi connectivity index (χ3v) is 2.55. The molecule has 13 heavy (non-hydrogen) atoms. The Kier molecular flexibility index (Phi) is 3.61. The highest BCUT2D eigenvalue weighted by atomic mass is 79.9. The zero-order chi connectivity index (χ0) is 10.0. The molecule has 3 nitrogen and oxygen atoms in total. The predicted molar refractivity (Wildman–Crippen MR) is 55.5 cm³/mol. The van der Waals surface area contributed by atoms with Crippen molar-refractivity contribution in [3.63, 3.8) is 0 Å². The van der Waals surface area contributed by atoms with E-state index in [1.807, 2.05) is 0 Å². The lowest BCUT2D eigenvalue weighted by Crippen LogP contribution is -2.32. The van der Waals surface area contributed by atoms with Crippen molar-refractivity contribution in [2.45, 2.75) is 0 Å². The predicted octanol–water partition coefficient (Wildman–Crippen LogP) is 0.791. The van der Waals surface area contributed by atoms with Crippen LogP contribution in [0.2, 0.25) is 5.02 Å². The summed E-state index contributed by atoms with van der Waals surface area (Å²) in [7, 11) is -0.192. The Balaban J connectivity index is 3.35. The summed E-state index contributed by atoms with van der Waals surface area (Å²) in [6.45, 7) is 0. The van der Waals surface area contributed by atoms with Crippen molar-refractivity contribution in [1.29, 1.82) is 0 Å². The zero-order valence-corrected chi connectivity index (χ0v) is 9.13. The molecule has 0 aliphatic rings. The van der Waals surface area contributed by atoms with Gasteiger partial charge >= 0.3 is 7.12 Å². The first-order chi connectivity index (χ1) is 6.07. The maximum absolute atomic E-state index is 9.03. The molecule has 0 bridgehead atoms. The van der Waals surface area contributed by atoms with Gasteiger partial charge in [0.05, 0.1) is 12.1 Å². The van der Waals surface area contributed by atoms with E-state index in [4.69, 9.17) is 26.4 Å². The summed E-state index contributed by atoms with van der Waals surface area (Å²) in [5.74, 6) is 0.269. The molecular formula is C7H7BBrClO3. The van der Waals surface area contributed by atoms with Crippen LogP contribution in [0.5, 0.6) is 5.75 Å². The maximum atomic E-state index is 9.03. The van der Waals surface area contributed by atoms with Crippen molar-refractivity contribution in [2.75, 3.05) is 7.11 Å². The number of benzene rings is 1. The fraction of sp³-hybridized carbons (Fsp3) is 0.143. The minimum Gasteiger partial charge on any atom is -0.496 e. The summed E-state index contributed by atoms with van der Waals surface area (Å²) in [4.78, 5) is 0. The van der Waals surface area contributed by atoms with E-state index in [9.17, 15) is 0 Å². The topological polar surface area (TPSA) is 49.7 Å². The second kappa shape index (κ2) is 4.33. The molecule has 0 atom stereocenters. The van der Waals surface area contributed by atoms with E-state index in [-0.39, 0.29) is 11.2 Å². The number of hydrogen-bond donors (Lipinski definition) is 2. The lowest BCUT2D eigenvalue weighted by molar-refractivity contribution is 0.403. The van der Waals surface area contributed by atoms with Crippen LogP contribution >= 0.6 is 27.5 Å². The lowest BCUT2D eigenvalue weighted by atomic mass is 9.79. The van der Waals surface area contributed by atoms with Crippen LogP contribution in [-0.2, 0) is 0 Å². The second-order valence-electron chi connectivity index (χ2n) is 2.35. The molecule has 1 aromatic rings. The molecule has 1 rings (SSSR count). The second-order valence-corrected chi connectivity index (χ2v) is 3.61. The van der Waals surface area contributed by atoms with E-state index < -0.39 is 7.12 Å². The molecule has 0 saturated carbocycles. The molecule has 70 valence electrons. The molecular weight excluding hydrogens is 258 g/mol. The standard InChI is InChI=1S/C7H7BBrClO3/c1-13-7-5(10)3-2-4(9)6(7)8(11)12/h2-3,11-12H,1H3. The third-order valence-electron chi connectivity index (χ3n) is 1.56. The van der Waals surface area contributed by atoms with E-state index in [0.717, 1.165) is 0 Å². The first-order valence-corrected chi connectivity index (χ1v) is 4.63. The largest absolute Gasteiger partial charge is 0.496 e. The highest BCUT2D eigenvalue weighted by Gasteiger charge is 2.22. The van der Waals surface area contributed by atoms with E-state index in [1.165, 1.54) is 7.11 Å². The number of halogens is 2. The van der Waals surface area contributed by atoms with Crippen LogP contribution < -0.4 is 10.2 Å². The number of methoxy groups -OCH3 is 1. The molecule has 0 aliphatic carbocycles. The van der Waals surface area contributed by atoms with Crippen molar-refractivity contribution < 1.29 is 14.8 Å². The van der Waals surface area contributed by atoms with E-state index in [0.29, 0.717) is 9.50 Å². The summed E-state index contributed by atoms with van der Waals surface area (Å²) in [6.07, 6.45) is 0. The fourth-order valence-electron chi connectivity index (χ4n) is 0.997. The van der Waals surface area contributed by atoms with Crippen LogP contribution in [0.1, 0.15) is 0 Å². The maximum Gasteiger partial charge on any atom is 0.493 e. The Hall–Kier alpha value is -0.225. The minimum atomic E-state index is -1.61. The van der Waals surface area contributed by atoms with Gasteiger partial charge in [-0.05, 0) is 12.1 Å². The van der Waals surface area contributed by atoms with Crippen LogP contribution in [0, 0.1) is 0 Å². The van der Waals surface area contributed by atoms with Crippen LogP contribution in [0.15, 0.2) is 16.6 Å². The molecule has 0 spiro atoms. The Morgan fingerprint density at radius 3 is 2.46 bits per heavy atom. The zero-order valence-electron chi connectivity index (χ0n) is 6.79. The summed E-state index contributed by atoms with van der Waals surface area (Å²) < 4.78 is 5.48. The van der Waals surface area contributed by atoms with Gasteiger partial charge in [0.2, 0.25) is 0 Å². The van der Waals surface area contributed by atoms with Gasteiger partial charge in [-0.1, -0.05) is 27.5 Å². The third kappa shape index (κ3) is 2.17. The highest BCUT2D eigenvalue weighted by Crippen LogP contribution is 2.25. The average Bonchev–Trinajstić information content (AvgIpc) is 2.07. The monoisotopic (exact) mass is 264 g/mol. The SMILES string of the molecule is COc1c(Cl)ccc(Br)c1B(O)O. The first-order valence-electron chi connectivity index (χ1n) is 3.46. The molecule has 2 N–H and O–H groups in total. The molecule has 0 saturated heterocycles. The molecule has 0 radical (unpaired) electrons. The number of hydrogen-bond acceptors (Lipinski definition) is 3.